The second kappa shape index (κ2) is 6.12. The maximum absolute atomic E-state index is 11.6. The van der Waals surface area contributed by atoms with Gasteiger partial charge in [-0.25, -0.2) is 4.79 Å². The number of halogens is 1. The molecule has 16 heavy (non-hydrogen) atoms. The second-order valence-corrected chi connectivity index (χ2v) is 3.35. The van der Waals surface area contributed by atoms with Gasteiger partial charge in [0.25, 0.3) is 0 Å². The summed E-state index contributed by atoms with van der Waals surface area (Å²) in [4.78, 5) is 22.6. The summed E-state index contributed by atoms with van der Waals surface area (Å²) in [7, 11) is 1.24. The Morgan fingerprint density at radius 3 is 2.50 bits per heavy atom. The number of Topliss-reactive ketones (excluding diaryl/α,β-unsaturated/α-hetero) is 1. The minimum atomic E-state index is -0.758. The zero-order chi connectivity index (χ0) is 12.0. The van der Waals surface area contributed by atoms with Gasteiger partial charge in [-0.15, -0.1) is 11.6 Å². The lowest BCUT2D eigenvalue weighted by Crippen LogP contribution is -2.34. The Kier molecular flexibility index (Phi) is 4.79. The van der Waals surface area contributed by atoms with Gasteiger partial charge in [-0.1, -0.05) is 30.3 Å². The lowest BCUT2D eigenvalue weighted by Gasteiger charge is -2.15. The number of alkyl carbamates (subject to hydrolysis) is 1. The quantitative estimate of drug-likeness (QED) is 0.819. The van der Waals surface area contributed by atoms with Crippen LogP contribution in [0.1, 0.15) is 11.6 Å². The first-order valence-electron chi connectivity index (χ1n) is 4.67. The molecule has 0 radical (unpaired) electrons. The molecular formula is C11H12ClNO3. The molecular weight excluding hydrogens is 230 g/mol. The average molecular weight is 242 g/mol. The van der Waals surface area contributed by atoms with E-state index in [1.165, 1.54) is 7.11 Å². The highest BCUT2D eigenvalue weighted by molar-refractivity contribution is 6.28. The van der Waals surface area contributed by atoms with Crippen LogP contribution in [0.2, 0.25) is 0 Å². The van der Waals surface area contributed by atoms with Gasteiger partial charge in [0.05, 0.1) is 13.0 Å². The maximum atomic E-state index is 11.6. The number of hydrogen-bond acceptors (Lipinski definition) is 3. The van der Waals surface area contributed by atoms with E-state index in [9.17, 15) is 9.59 Å². The zero-order valence-electron chi connectivity index (χ0n) is 8.77. The molecule has 1 atom stereocenters. The molecule has 1 rings (SSSR count). The van der Waals surface area contributed by atoms with Gasteiger partial charge >= 0.3 is 6.09 Å². The fraction of sp³-hybridized carbons (Fsp3) is 0.273. The van der Waals surface area contributed by atoms with Gasteiger partial charge in [0, 0.05) is 0 Å². The van der Waals surface area contributed by atoms with Gasteiger partial charge in [0.1, 0.15) is 6.04 Å². The molecule has 1 aromatic carbocycles. The van der Waals surface area contributed by atoms with E-state index in [-0.39, 0.29) is 11.7 Å². The minimum Gasteiger partial charge on any atom is -0.453 e. The number of nitrogens with one attached hydrogen (secondary N) is 1. The van der Waals surface area contributed by atoms with Gasteiger partial charge in [-0.3, -0.25) is 4.79 Å². The number of methoxy groups -OCH3 is 1. The first-order valence-corrected chi connectivity index (χ1v) is 5.20. The van der Waals surface area contributed by atoms with E-state index in [2.05, 4.69) is 10.1 Å². The fourth-order valence-corrected chi connectivity index (χ4v) is 1.40. The summed E-state index contributed by atoms with van der Waals surface area (Å²) in [6, 6.07) is 8.11. The molecule has 0 bridgehead atoms. The predicted molar refractivity (Wildman–Crippen MR) is 60.5 cm³/mol. The Labute approximate surface area is 98.5 Å². The Hall–Kier alpha value is -1.55. The second-order valence-electron chi connectivity index (χ2n) is 3.08. The molecule has 1 unspecified atom stereocenters. The molecule has 0 saturated heterocycles. The number of ether oxygens (including phenoxy) is 1. The number of hydrogen-bond donors (Lipinski definition) is 1. The normalized spacial score (nSPS) is 11.6. The number of carbonyl (C=O) groups excluding carboxylic acids is 2. The summed E-state index contributed by atoms with van der Waals surface area (Å²) in [6.07, 6.45) is -0.660. The van der Waals surface area contributed by atoms with Crippen LogP contribution in [0.3, 0.4) is 0 Å². The molecule has 4 nitrogen and oxygen atoms in total. The summed E-state index contributed by atoms with van der Waals surface area (Å²) in [5.41, 5.74) is 0.679. The Balaban J connectivity index is 2.88. The van der Waals surface area contributed by atoms with Crippen LogP contribution in [-0.2, 0) is 9.53 Å². The van der Waals surface area contributed by atoms with Crippen LogP contribution >= 0.6 is 11.6 Å². The number of alkyl halides is 1. The summed E-state index contributed by atoms with van der Waals surface area (Å²) < 4.78 is 4.45. The fourth-order valence-electron chi connectivity index (χ4n) is 1.25. The van der Waals surface area contributed by atoms with Crippen molar-refractivity contribution in [2.45, 2.75) is 6.04 Å². The summed E-state index contributed by atoms with van der Waals surface area (Å²) in [6.45, 7) is 0. The molecule has 1 amide bonds. The number of carbonyl (C=O) groups is 2. The van der Waals surface area contributed by atoms with Crippen LogP contribution < -0.4 is 5.32 Å². The third-order valence-electron chi connectivity index (χ3n) is 2.03. The van der Waals surface area contributed by atoms with E-state index in [0.717, 1.165) is 0 Å². The molecule has 1 aromatic rings. The van der Waals surface area contributed by atoms with Crippen molar-refractivity contribution in [2.24, 2.45) is 0 Å². The Morgan fingerprint density at radius 1 is 1.38 bits per heavy atom. The average Bonchev–Trinajstić information content (AvgIpc) is 2.35. The Morgan fingerprint density at radius 2 is 2.00 bits per heavy atom. The van der Waals surface area contributed by atoms with Crippen molar-refractivity contribution in [3.63, 3.8) is 0 Å². The topological polar surface area (TPSA) is 55.4 Å². The van der Waals surface area contributed by atoms with Crippen molar-refractivity contribution in [1.82, 2.24) is 5.32 Å². The smallest absolute Gasteiger partial charge is 0.407 e. The monoisotopic (exact) mass is 241 g/mol. The SMILES string of the molecule is COC(=O)NC(C(=O)CCl)c1ccccc1. The predicted octanol–water partition coefficient (Wildman–Crippen LogP) is 1.89. The minimum absolute atomic E-state index is 0.163. The van der Waals surface area contributed by atoms with Crippen LogP contribution in [0.4, 0.5) is 4.79 Å². The molecule has 0 fully saturated rings. The lowest BCUT2D eigenvalue weighted by atomic mass is 10.0. The maximum Gasteiger partial charge on any atom is 0.407 e. The van der Waals surface area contributed by atoms with Gasteiger partial charge in [-0.05, 0) is 5.56 Å². The van der Waals surface area contributed by atoms with Crippen LogP contribution in [-0.4, -0.2) is 24.9 Å². The largest absolute Gasteiger partial charge is 0.453 e. The van der Waals surface area contributed by atoms with E-state index in [0.29, 0.717) is 5.56 Å². The highest BCUT2D eigenvalue weighted by atomic mass is 35.5. The first kappa shape index (κ1) is 12.5. The molecule has 0 aliphatic carbocycles. The third kappa shape index (κ3) is 3.24. The van der Waals surface area contributed by atoms with Gasteiger partial charge in [0.15, 0.2) is 5.78 Å². The number of rotatable bonds is 4. The van der Waals surface area contributed by atoms with Crippen molar-refractivity contribution < 1.29 is 14.3 Å². The van der Waals surface area contributed by atoms with Crippen LogP contribution in [0.15, 0.2) is 30.3 Å². The molecule has 0 saturated carbocycles. The van der Waals surface area contributed by atoms with Crippen molar-refractivity contribution in [3.05, 3.63) is 35.9 Å². The van der Waals surface area contributed by atoms with Crippen molar-refractivity contribution in [1.29, 1.82) is 0 Å². The molecule has 1 N–H and O–H groups in total. The van der Waals surface area contributed by atoms with E-state index >= 15 is 0 Å². The van der Waals surface area contributed by atoms with Crippen LogP contribution in [0.5, 0.6) is 0 Å². The highest BCUT2D eigenvalue weighted by Gasteiger charge is 2.21. The van der Waals surface area contributed by atoms with Crippen molar-refractivity contribution in [2.75, 3.05) is 13.0 Å². The highest BCUT2D eigenvalue weighted by Crippen LogP contribution is 2.14. The number of benzene rings is 1. The molecule has 0 aromatic heterocycles. The number of ketones is 1. The van der Waals surface area contributed by atoms with Gasteiger partial charge in [0.2, 0.25) is 0 Å². The number of amides is 1. The van der Waals surface area contributed by atoms with Gasteiger partial charge < -0.3 is 10.1 Å². The molecule has 0 aliphatic heterocycles. The molecule has 86 valence electrons. The van der Waals surface area contributed by atoms with Gasteiger partial charge in [-0.2, -0.15) is 0 Å². The molecule has 5 heteroatoms. The van der Waals surface area contributed by atoms with Crippen LogP contribution in [0.25, 0.3) is 0 Å². The lowest BCUT2D eigenvalue weighted by molar-refractivity contribution is -0.118. The zero-order valence-corrected chi connectivity index (χ0v) is 9.53. The van der Waals surface area contributed by atoms with Crippen molar-refractivity contribution in [3.8, 4) is 0 Å². The van der Waals surface area contributed by atoms with E-state index in [1.54, 1.807) is 24.3 Å². The summed E-state index contributed by atoms with van der Waals surface area (Å²) >= 11 is 5.48. The Bertz CT molecular complexity index is 367. The van der Waals surface area contributed by atoms with E-state index in [4.69, 9.17) is 11.6 Å². The molecule has 0 spiro atoms. The van der Waals surface area contributed by atoms with E-state index < -0.39 is 12.1 Å². The van der Waals surface area contributed by atoms with Crippen molar-refractivity contribution >= 4 is 23.5 Å². The summed E-state index contributed by atoms with van der Waals surface area (Å²) in [5.74, 6) is -0.443. The first-order chi connectivity index (χ1) is 7.69. The molecule has 0 aliphatic rings. The van der Waals surface area contributed by atoms with Crippen LogP contribution in [0, 0.1) is 0 Å². The standard InChI is InChI=1S/C11H12ClNO3/c1-16-11(15)13-10(9(14)7-12)8-5-3-2-4-6-8/h2-6,10H,7H2,1H3,(H,13,15). The summed E-state index contributed by atoms with van der Waals surface area (Å²) in [5, 5.41) is 2.44. The van der Waals surface area contributed by atoms with E-state index in [1.807, 2.05) is 6.07 Å². The molecule has 0 heterocycles. The third-order valence-corrected chi connectivity index (χ3v) is 2.30.